The van der Waals surface area contributed by atoms with Crippen molar-refractivity contribution in [3.05, 3.63) is 64.0 Å². The fourth-order valence-corrected chi connectivity index (χ4v) is 1.97. The maximum absolute atomic E-state index is 13.6. The number of halogens is 5. The van der Waals surface area contributed by atoms with Crippen LogP contribution in [0.4, 0.5) is 22.0 Å². The lowest BCUT2D eigenvalue weighted by molar-refractivity contribution is 0.0692. The zero-order valence-corrected chi connectivity index (χ0v) is 11.2. The molecule has 0 fully saturated rings. The Labute approximate surface area is 125 Å². The number of nitrogens with two attached hydrogens (primary N) is 1. The number of hydrogen-bond donors (Lipinski definition) is 2. The number of carbonyl (C=O) groups is 1. The molecular formula is C14H8F5NO3. The molecule has 2 aromatic rings. The van der Waals surface area contributed by atoms with Crippen molar-refractivity contribution in [2.24, 2.45) is 5.90 Å². The Balaban J connectivity index is 2.52. The van der Waals surface area contributed by atoms with Gasteiger partial charge in [-0.25, -0.2) is 26.7 Å². The molecule has 0 saturated carbocycles. The van der Waals surface area contributed by atoms with Gasteiger partial charge in [-0.1, -0.05) is 6.07 Å². The van der Waals surface area contributed by atoms with E-state index in [0.717, 1.165) is 12.1 Å². The molecule has 9 heteroatoms. The molecule has 0 radical (unpaired) electrons. The van der Waals surface area contributed by atoms with Crippen LogP contribution in [0.1, 0.15) is 21.5 Å². The minimum atomic E-state index is -2.26. The summed E-state index contributed by atoms with van der Waals surface area (Å²) < 4.78 is 66.5. The third-order valence-corrected chi connectivity index (χ3v) is 3.08. The lowest BCUT2D eigenvalue weighted by Crippen LogP contribution is -2.10. The summed E-state index contributed by atoms with van der Waals surface area (Å²) in [7, 11) is 0. The molecule has 0 atom stereocenters. The van der Waals surface area contributed by atoms with Gasteiger partial charge >= 0.3 is 5.97 Å². The van der Waals surface area contributed by atoms with E-state index in [2.05, 4.69) is 4.84 Å². The standard InChI is InChI=1S/C14H8F5NO3/c15-9-7(10(16)12(18)13(19)11(9)17)4-5-1-2-8(23-20)6(3-5)14(21)22/h1-3H,4,20H2,(H,21,22). The molecule has 0 unspecified atom stereocenters. The van der Waals surface area contributed by atoms with Crippen LogP contribution in [-0.2, 0) is 6.42 Å². The van der Waals surface area contributed by atoms with Crippen LogP contribution in [-0.4, -0.2) is 11.1 Å². The quantitative estimate of drug-likeness (QED) is 0.391. The maximum Gasteiger partial charge on any atom is 0.339 e. The Bertz CT molecular complexity index is 765. The first-order valence-corrected chi connectivity index (χ1v) is 6.01. The highest BCUT2D eigenvalue weighted by atomic mass is 19.2. The number of carboxylic acids is 1. The molecule has 0 aliphatic heterocycles. The molecule has 0 amide bonds. The Morgan fingerprint density at radius 3 is 2.00 bits per heavy atom. The number of benzene rings is 2. The Morgan fingerprint density at radius 2 is 1.52 bits per heavy atom. The summed E-state index contributed by atoms with van der Waals surface area (Å²) in [5.74, 6) is -7.14. The zero-order valence-electron chi connectivity index (χ0n) is 11.2. The third-order valence-electron chi connectivity index (χ3n) is 3.08. The minimum absolute atomic E-state index is 0.00796. The van der Waals surface area contributed by atoms with Crippen LogP contribution in [0.3, 0.4) is 0 Å². The first-order valence-electron chi connectivity index (χ1n) is 6.01. The van der Waals surface area contributed by atoms with Crippen LogP contribution >= 0.6 is 0 Å². The highest BCUT2D eigenvalue weighted by molar-refractivity contribution is 5.91. The molecule has 0 bridgehead atoms. The summed E-state index contributed by atoms with van der Waals surface area (Å²) in [6.45, 7) is 0. The normalized spacial score (nSPS) is 10.7. The van der Waals surface area contributed by atoms with E-state index < -0.39 is 52.6 Å². The predicted octanol–water partition coefficient (Wildman–Crippen LogP) is 2.92. The van der Waals surface area contributed by atoms with Crippen molar-refractivity contribution in [1.29, 1.82) is 0 Å². The average Bonchev–Trinajstić information content (AvgIpc) is 2.54. The van der Waals surface area contributed by atoms with Gasteiger partial charge in [0.2, 0.25) is 5.82 Å². The second kappa shape index (κ2) is 6.21. The zero-order chi connectivity index (χ0) is 17.3. The van der Waals surface area contributed by atoms with Gasteiger partial charge in [-0.2, -0.15) is 5.90 Å². The Hall–Kier alpha value is -2.68. The third kappa shape index (κ3) is 2.95. The molecule has 2 rings (SSSR count). The summed E-state index contributed by atoms with van der Waals surface area (Å²) in [6.07, 6.45) is -0.711. The molecular weight excluding hydrogens is 325 g/mol. The predicted molar refractivity (Wildman–Crippen MR) is 67.3 cm³/mol. The molecule has 0 saturated heterocycles. The van der Waals surface area contributed by atoms with Crippen molar-refractivity contribution < 1.29 is 36.7 Å². The molecule has 0 aromatic heterocycles. The van der Waals surface area contributed by atoms with E-state index in [0.29, 0.717) is 0 Å². The van der Waals surface area contributed by atoms with E-state index >= 15 is 0 Å². The van der Waals surface area contributed by atoms with Crippen molar-refractivity contribution in [3.8, 4) is 5.75 Å². The van der Waals surface area contributed by atoms with E-state index in [9.17, 15) is 26.7 Å². The molecule has 3 N–H and O–H groups in total. The van der Waals surface area contributed by atoms with Crippen LogP contribution in [0.25, 0.3) is 0 Å². The van der Waals surface area contributed by atoms with Gasteiger partial charge in [-0.15, -0.1) is 0 Å². The summed E-state index contributed by atoms with van der Waals surface area (Å²) in [4.78, 5) is 15.3. The van der Waals surface area contributed by atoms with E-state index in [-0.39, 0.29) is 11.3 Å². The van der Waals surface area contributed by atoms with Gasteiger partial charge in [0.25, 0.3) is 0 Å². The highest BCUT2D eigenvalue weighted by Crippen LogP contribution is 2.27. The molecule has 23 heavy (non-hydrogen) atoms. The minimum Gasteiger partial charge on any atom is -0.478 e. The molecule has 4 nitrogen and oxygen atoms in total. The highest BCUT2D eigenvalue weighted by Gasteiger charge is 2.26. The van der Waals surface area contributed by atoms with E-state index in [1.54, 1.807) is 0 Å². The second-order valence-corrected chi connectivity index (χ2v) is 4.48. The van der Waals surface area contributed by atoms with Crippen LogP contribution in [0.15, 0.2) is 18.2 Å². The lowest BCUT2D eigenvalue weighted by atomic mass is 10.0. The molecule has 0 aliphatic rings. The van der Waals surface area contributed by atoms with Crippen LogP contribution < -0.4 is 10.7 Å². The van der Waals surface area contributed by atoms with Crippen molar-refractivity contribution in [2.75, 3.05) is 0 Å². The van der Waals surface area contributed by atoms with Gasteiger partial charge in [0.15, 0.2) is 29.0 Å². The second-order valence-electron chi connectivity index (χ2n) is 4.48. The molecule has 0 heterocycles. The largest absolute Gasteiger partial charge is 0.478 e. The number of aromatic carboxylic acids is 1. The topological polar surface area (TPSA) is 72.5 Å². The summed E-state index contributed by atoms with van der Waals surface area (Å²) in [6, 6.07) is 3.25. The van der Waals surface area contributed by atoms with Gasteiger partial charge in [0.1, 0.15) is 5.56 Å². The molecule has 2 aromatic carbocycles. The first-order chi connectivity index (χ1) is 10.8. The number of rotatable bonds is 4. The molecule has 0 spiro atoms. The van der Waals surface area contributed by atoms with Gasteiger partial charge in [-0.05, 0) is 17.7 Å². The monoisotopic (exact) mass is 333 g/mol. The van der Waals surface area contributed by atoms with Crippen LogP contribution in [0.2, 0.25) is 0 Å². The summed E-state index contributed by atoms with van der Waals surface area (Å²) in [5, 5.41) is 8.97. The van der Waals surface area contributed by atoms with Gasteiger partial charge < -0.3 is 9.94 Å². The molecule has 122 valence electrons. The Morgan fingerprint density at radius 1 is 1.00 bits per heavy atom. The van der Waals surface area contributed by atoms with E-state index in [1.807, 2.05) is 0 Å². The van der Waals surface area contributed by atoms with Crippen LogP contribution in [0.5, 0.6) is 5.75 Å². The Kier molecular flexibility index (Phi) is 4.50. The number of carboxylic acid groups (broad SMARTS) is 1. The SMILES string of the molecule is NOc1ccc(Cc2c(F)c(F)c(F)c(F)c2F)cc1C(=O)O. The average molecular weight is 333 g/mol. The van der Waals surface area contributed by atoms with Gasteiger partial charge in [-0.3, -0.25) is 0 Å². The summed E-state index contributed by atoms with van der Waals surface area (Å²) in [5.41, 5.74) is -1.50. The smallest absolute Gasteiger partial charge is 0.339 e. The fourth-order valence-electron chi connectivity index (χ4n) is 1.97. The van der Waals surface area contributed by atoms with Crippen molar-refractivity contribution >= 4 is 5.97 Å². The van der Waals surface area contributed by atoms with Gasteiger partial charge in [0, 0.05) is 12.0 Å². The first kappa shape index (κ1) is 16.7. The van der Waals surface area contributed by atoms with Crippen molar-refractivity contribution in [1.82, 2.24) is 0 Å². The van der Waals surface area contributed by atoms with Gasteiger partial charge in [0.05, 0.1) is 0 Å². The van der Waals surface area contributed by atoms with Crippen LogP contribution in [0, 0.1) is 29.1 Å². The van der Waals surface area contributed by atoms with E-state index in [1.165, 1.54) is 6.07 Å². The van der Waals surface area contributed by atoms with E-state index in [4.69, 9.17) is 11.0 Å². The molecule has 0 aliphatic carbocycles. The number of hydrogen-bond acceptors (Lipinski definition) is 3. The summed E-state index contributed by atoms with van der Waals surface area (Å²) >= 11 is 0. The lowest BCUT2D eigenvalue weighted by Gasteiger charge is -2.10. The van der Waals surface area contributed by atoms with Crippen molar-refractivity contribution in [3.63, 3.8) is 0 Å². The van der Waals surface area contributed by atoms with Crippen molar-refractivity contribution in [2.45, 2.75) is 6.42 Å². The maximum atomic E-state index is 13.6. The fraction of sp³-hybridized carbons (Fsp3) is 0.0714.